The van der Waals surface area contributed by atoms with Gasteiger partial charge in [-0.1, -0.05) is 32.9 Å². The summed E-state index contributed by atoms with van der Waals surface area (Å²) in [5.41, 5.74) is 7.31. The van der Waals surface area contributed by atoms with Gasteiger partial charge in [-0.25, -0.2) is 0 Å². The molecule has 96 valence electrons. The predicted molar refractivity (Wildman–Crippen MR) is 73.5 cm³/mol. The van der Waals surface area contributed by atoms with Crippen molar-refractivity contribution >= 4 is 0 Å². The average molecular weight is 235 g/mol. The van der Waals surface area contributed by atoms with Crippen molar-refractivity contribution in [2.75, 3.05) is 13.2 Å². The van der Waals surface area contributed by atoms with Crippen molar-refractivity contribution in [3.8, 4) is 5.75 Å². The molecule has 1 atom stereocenters. The van der Waals surface area contributed by atoms with Gasteiger partial charge in [-0.2, -0.15) is 0 Å². The largest absolute Gasteiger partial charge is 0.494 e. The Hall–Kier alpha value is -1.02. The lowest BCUT2D eigenvalue weighted by Gasteiger charge is -2.31. The third kappa shape index (κ3) is 4.04. The van der Waals surface area contributed by atoms with Gasteiger partial charge >= 0.3 is 0 Å². The molecule has 0 aliphatic rings. The standard InChI is InChI=1S/C15H25NO/c1-5-17-13-8-6-12(7-9-13)14(10-11-16)15(2,3)4/h6-9,14H,5,10-11,16H2,1-4H3. The van der Waals surface area contributed by atoms with Gasteiger partial charge in [0.15, 0.2) is 0 Å². The number of hydrogen-bond donors (Lipinski definition) is 1. The molecule has 0 amide bonds. The molecule has 0 bridgehead atoms. The van der Waals surface area contributed by atoms with Gasteiger partial charge in [-0.05, 0) is 48.9 Å². The number of benzene rings is 1. The summed E-state index contributed by atoms with van der Waals surface area (Å²) >= 11 is 0. The highest BCUT2D eigenvalue weighted by molar-refractivity contribution is 5.30. The number of nitrogens with two attached hydrogens (primary N) is 1. The van der Waals surface area contributed by atoms with Crippen LogP contribution in [0.2, 0.25) is 0 Å². The SMILES string of the molecule is CCOc1ccc(C(CCN)C(C)(C)C)cc1. The third-order valence-corrected chi connectivity index (χ3v) is 3.09. The van der Waals surface area contributed by atoms with Crippen LogP contribution in [-0.4, -0.2) is 13.2 Å². The molecule has 1 rings (SSSR count). The van der Waals surface area contributed by atoms with Crippen LogP contribution in [0.1, 0.15) is 45.6 Å². The first-order valence-corrected chi connectivity index (χ1v) is 6.42. The first kappa shape index (κ1) is 14.0. The molecule has 0 heterocycles. The van der Waals surface area contributed by atoms with Gasteiger partial charge in [0.1, 0.15) is 5.75 Å². The van der Waals surface area contributed by atoms with E-state index in [1.165, 1.54) is 5.56 Å². The highest BCUT2D eigenvalue weighted by Gasteiger charge is 2.25. The van der Waals surface area contributed by atoms with Gasteiger partial charge in [-0.3, -0.25) is 0 Å². The smallest absolute Gasteiger partial charge is 0.119 e. The van der Waals surface area contributed by atoms with E-state index >= 15 is 0 Å². The first-order valence-electron chi connectivity index (χ1n) is 6.42. The van der Waals surface area contributed by atoms with Gasteiger partial charge < -0.3 is 10.5 Å². The molecular formula is C15H25NO. The fraction of sp³-hybridized carbons (Fsp3) is 0.600. The van der Waals surface area contributed by atoms with E-state index in [1.807, 2.05) is 19.1 Å². The van der Waals surface area contributed by atoms with Crippen molar-refractivity contribution in [2.45, 2.75) is 40.0 Å². The lowest BCUT2D eigenvalue weighted by molar-refractivity contribution is 0.306. The summed E-state index contributed by atoms with van der Waals surface area (Å²) in [6, 6.07) is 8.43. The van der Waals surface area contributed by atoms with Crippen LogP contribution in [0.25, 0.3) is 0 Å². The molecule has 0 aliphatic heterocycles. The average Bonchev–Trinajstić information content (AvgIpc) is 2.26. The Kier molecular flexibility index (Phi) is 5.01. The molecule has 0 radical (unpaired) electrons. The van der Waals surface area contributed by atoms with Crippen LogP contribution < -0.4 is 10.5 Å². The van der Waals surface area contributed by atoms with E-state index in [9.17, 15) is 0 Å². The van der Waals surface area contributed by atoms with Crippen molar-refractivity contribution in [1.82, 2.24) is 0 Å². The first-order chi connectivity index (χ1) is 7.99. The van der Waals surface area contributed by atoms with E-state index in [0.29, 0.717) is 12.5 Å². The Morgan fingerprint density at radius 2 is 1.76 bits per heavy atom. The van der Waals surface area contributed by atoms with E-state index in [0.717, 1.165) is 18.7 Å². The summed E-state index contributed by atoms with van der Waals surface area (Å²) in [6.45, 7) is 10.2. The van der Waals surface area contributed by atoms with Gasteiger partial charge in [0.2, 0.25) is 0 Å². The molecule has 0 spiro atoms. The highest BCUT2D eigenvalue weighted by atomic mass is 16.5. The van der Waals surface area contributed by atoms with Crippen molar-refractivity contribution in [1.29, 1.82) is 0 Å². The Morgan fingerprint density at radius 3 is 2.18 bits per heavy atom. The Labute approximate surface area is 105 Å². The normalized spacial score (nSPS) is 13.5. The topological polar surface area (TPSA) is 35.2 Å². The molecule has 0 saturated heterocycles. The molecule has 1 aromatic rings. The summed E-state index contributed by atoms with van der Waals surface area (Å²) in [6.07, 6.45) is 1.03. The van der Waals surface area contributed by atoms with Gasteiger partial charge in [0.05, 0.1) is 6.61 Å². The molecule has 0 aliphatic carbocycles. The summed E-state index contributed by atoms with van der Waals surface area (Å²) < 4.78 is 5.46. The zero-order valence-corrected chi connectivity index (χ0v) is 11.5. The predicted octanol–water partition coefficient (Wildman–Crippen LogP) is 3.56. The molecule has 17 heavy (non-hydrogen) atoms. The molecule has 2 nitrogen and oxygen atoms in total. The molecule has 0 aromatic heterocycles. The Bertz CT molecular complexity index is 324. The second-order valence-corrected chi connectivity index (χ2v) is 5.50. The quantitative estimate of drug-likeness (QED) is 0.847. The molecule has 0 saturated carbocycles. The van der Waals surface area contributed by atoms with Crippen LogP contribution in [0.15, 0.2) is 24.3 Å². The van der Waals surface area contributed by atoms with Crippen LogP contribution in [0.3, 0.4) is 0 Å². The van der Waals surface area contributed by atoms with E-state index in [1.54, 1.807) is 0 Å². The van der Waals surface area contributed by atoms with Crippen LogP contribution in [0.5, 0.6) is 5.75 Å². The van der Waals surface area contributed by atoms with Gasteiger partial charge in [0, 0.05) is 0 Å². The van der Waals surface area contributed by atoms with Crippen molar-refractivity contribution in [3.63, 3.8) is 0 Å². The minimum atomic E-state index is 0.243. The van der Waals surface area contributed by atoms with Crippen molar-refractivity contribution in [2.24, 2.45) is 11.1 Å². The Morgan fingerprint density at radius 1 is 1.18 bits per heavy atom. The van der Waals surface area contributed by atoms with Crippen LogP contribution in [0, 0.1) is 5.41 Å². The lowest BCUT2D eigenvalue weighted by atomic mass is 9.75. The molecular weight excluding hydrogens is 210 g/mol. The van der Waals surface area contributed by atoms with Crippen LogP contribution in [-0.2, 0) is 0 Å². The molecule has 2 heteroatoms. The van der Waals surface area contributed by atoms with Crippen molar-refractivity contribution < 1.29 is 4.74 Å². The molecule has 1 aromatic carbocycles. The van der Waals surface area contributed by atoms with E-state index in [4.69, 9.17) is 10.5 Å². The third-order valence-electron chi connectivity index (χ3n) is 3.09. The zero-order valence-electron chi connectivity index (χ0n) is 11.5. The summed E-state index contributed by atoms with van der Waals surface area (Å²) in [4.78, 5) is 0. The van der Waals surface area contributed by atoms with Gasteiger partial charge in [0.25, 0.3) is 0 Å². The minimum Gasteiger partial charge on any atom is -0.494 e. The highest BCUT2D eigenvalue weighted by Crippen LogP contribution is 2.37. The number of ether oxygens (including phenoxy) is 1. The maximum atomic E-state index is 5.72. The fourth-order valence-corrected chi connectivity index (χ4v) is 2.23. The number of rotatable bonds is 5. The van der Waals surface area contributed by atoms with Gasteiger partial charge in [-0.15, -0.1) is 0 Å². The number of hydrogen-bond acceptors (Lipinski definition) is 2. The maximum Gasteiger partial charge on any atom is 0.119 e. The van der Waals surface area contributed by atoms with Crippen LogP contribution >= 0.6 is 0 Å². The fourth-order valence-electron chi connectivity index (χ4n) is 2.23. The molecule has 2 N–H and O–H groups in total. The minimum absolute atomic E-state index is 0.243. The van der Waals surface area contributed by atoms with E-state index < -0.39 is 0 Å². The molecule has 1 unspecified atom stereocenters. The second kappa shape index (κ2) is 6.06. The summed E-state index contributed by atoms with van der Waals surface area (Å²) in [7, 11) is 0. The van der Waals surface area contributed by atoms with Crippen LogP contribution in [0.4, 0.5) is 0 Å². The maximum absolute atomic E-state index is 5.72. The summed E-state index contributed by atoms with van der Waals surface area (Å²) in [5, 5.41) is 0. The second-order valence-electron chi connectivity index (χ2n) is 5.50. The zero-order chi connectivity index (χ0) is 12.9. The monoisotopic (exact) mass is 235 g/mol. The van der Waals surface area contributed by atoms with E-state index in [-0.39, 0.29) is 5.41 Å². The Balaban J connectivity index is 2.87. The molecule has 0 fully saturated rings. The van der Waals surface area contributed by atoms with E-state index in [2.05, 4.69) is 32.9 Å². The lowest BCUT2D eigenvalue weighted by Crippen LogP contribution is -2.21. The summed E-state index contributed by atoms with van der Waals surface area (Å²) in [5.74, 6) is 1.44. The van der Waals surface area contributed by atoms with Crippen molar-refractivity contribution in [3.05, 3.63) is 29.8 Å².